The molecule has 218 valence electrons. The van der Waals surface area contributed by atoms with E-state index in [9.17, 15) is 18.0 Å². The van der Waals surface area contributed by atoms with Crippen molar-refractivity contribution in [1.29, 1.82) is 0 Å². The summed E-state index contributed by atoms with van der Waals surface area (Å²) in [6.07, 6.45) is 3.86. The summed E-state index contributed by atoms with van der Waals surface area (Å²) in [6.45, 7) is 1.14. The van der Waals surface area contributed by atoms with Gasteiger partial charge < -0.3 is 15.0 Å². The minimum atomic E-state index is -4.17. The number of carbonyl (C=O) groups excluding carboxylic acids is 2. The predicted molar refractivity (Wildman–Crippen MR) is 161 cm³/mol. The molecular weight excluding hydrogens is 585 g/mol. The van der Waals surface area contributed by atoms with Crippen molar-refractivity contribution < 1.29 is 22.7 Å². The second kappa shape index (κ2) is 13.6. The molecule has 0 unspecified atom stereocenters. The number of hydrogen-bond acceptors (Lipinski definition) is 5. The molecule has 0 heterocycles. The Morgan fingerprint density at radius 1 is 0.976 bits per heavy atom. The van der Waals surface area contributed by atoms with Crippen molar-refractivity contribution in [2.24, 2.45) is 0 Å². The standard InChI is InChI=1S/C30H33Cl2N3O5S/c1-21(30(37)33-23-8-6-7-9-23)34(19-22-12-17-27(31)28(32)18-22)29(36)20-35(24-10-4-3-5-11-24)41(38,39)26-15-13-25(40-2)14-16-26/h3-5,10-18,21,23H,6-9,19-20H2,1-2H3,(H,33,37)/t21-/m1/s1. The maximum absolute atomic E-state index is 14.0. The summed E-state index contributed by atoms with van der Waals surface area (Å²) in [5, 5.41) is 3.72. The highest BCUT2D eigenvalue weighted by atomic mass is 35.5. The Kier molecular flexibility index (Phi) is 10.2. The number of nitrogens with one attached hydrogen (secondary N) is 1. The van der Waals surface area contributed by atoms with Crippen LogP contribution < -0.4 is 14.4 Å². The van der Waals surface area contributed by atoms with Crippen LogP contribution in [0.2, 0.25) is 10.0 Å². The second-order valence-electron chi connectivity index (χ2n) is 9.96. The number of hydrogen-bond donors (Lipinski definition) is 1. The summed E-state index contributed by atoms with van der Waals surface area (Å²) in [5.74, 6) is -0.346. The fraction of sp³-hybridized carbons (Fsp3) is 0.333. The first-order valence-electron chi connectivity index (χ1n) is 13.4. The average molecular weight is 619 g/mol. The van der Waals surface area contributed by atoms with Crippen molar-refractivity contribution in [3.05, 3.63) is 88.4 Å². The van der Waals surface area contributed by atoms with Crippen LogP contribution in [0.4, 0.5) is 5.69 Å². The quantitative estimate of drug-likeness (QED) is 0.299. The van der Waals surface area contributed by atoms with Gasteiger partial charge >= 0.3 is 0 Å². The van der Waals surface area contributed by atoms with Gasteiger partial charge in [0.15, 0.2) is 0 Å². The molecule has 0 saturated heterocycles. The zero-order chi connectivity index (χ0) is 29.6. The Hall–Kier alpha value is -3.27. The third-order valence-electron chi connectivity index (χ3n) is 7.18. The number of benzene rings is 3. The first-order valence-corrected chi connectivity index (χ1v) is 15.6. The van der Waals surface area contributed by atoms with Crippen molar-refractivity contribution in [1.82, 2.24) is 10.2 Å². The smallest absolute Gasteiger partial charge is 0.264 e. The third-order valence-corrected chi connectivity index (χ3v) is 9.70. The van der Waals surface area contributed by atoms with Gasteiger partial charge in [-0.2, -0.15) is 0 Å². The zero-order valence-electron chi connectivity index (χ0n) is 22.9. The zero-order valence-corrected chi connectivity index (χ0v) is 25.3. The lowest BCUT2D eigenvalue weighted by Crippen LogP contribution is -2.52. The molecule has 1 atom stereocenters. The first kappa shape index (κ1) is 30.7. The van der Waals surface area contributed by atoms with E-state index in [1.807, 2.05) is 0 Å². The Bertz CT molecular complexity index is 1460. The SMILES string of the molecule is COc1ccc(S(=O)(=O)N(CC(=O)N(Cc2ccc(Cl)c(Cl)c2)[C@H](C)C(=O)NC2CCCC2)c2ccccc2)cc1. The number of anilines is 1. The molecule has 2 amide bonds. The molecule has 1 N–H and O–H groups in total. The van der Waals surface area contributed by atoms with E-state index in [1.165, 1.54) is 24.1 Å². The van der Waals surface area contributed by atoms with Gasteiger partial charge in [-0.25, -0.2) is 8.42 Å². The normalized spacial score (nSPS) is 14.3. The first-order chi connectivity index (χ1) is 19.6. The van der Waals surface area contributed by atoms with Crippen molar-refractivity contribution in [3.8, 4) is 5.75 Å². The number of sulfonamides is 1. The van der Waals surface area contributed by atoms with Crippen LogP contribution in [0.3, 0.4) is 0 Å². The number of amides is 2. The van der Waals surface area contributed by atoms with E-state index in [0.717, 1.165) is 30.0 Å². The summed E-state index contributed by atoms with van der Waals surface area (Å²) in [5.41, 5.74) is 0.965. The minimum Gasteiger partial charge on any atom is -0.497 e. The van der Waals surface area contributed by atoms with Gasteiger partial charge in [0, 0.05) is 12.6 Å². The molecule has 1 fully saturated rings. The number of rotatable bonds is 11. The number of halogens is 2. The highest BCUT2D eigenvalue weighted by Gasteiger charge is 2.33. The largest absolute Gasteiger partial charge is 0.497 e. The molecule has 0 aliphatic heterocycles. The van der Waals surface area contributed by atoms with Gasteiger partial charge in [0.25, 0.3) is 10.0 Å². The van der Waals surface area contributed by atoms with E-state index in [4.69, 9.17) is 27.9 Å². The fourth-order valence-corrected chi connectivity index (χ4v) is 6.54. The van der Waals surface area contributed by atoms with Crippen LogP contribution in [0, 0.1) is 0 Å². The van der Waals surface area contributed by atoms with E-state index in [2.05, 4.69) is 5.32 Å². The van der Waals surface area contributed by atoms with E-state index >= 15 is 0 Å². The van der Waals surface area contributed by atoms with Gasteiger partial charge in [-0.15, -0.1) is 0 Å². The van der Waals surface area contributed by atoms with Gasteiger partial charge in [-0.3, -0.25) is 13.9 Å². The van der Waals surface area contributed by atoms with Gasteiger partial charge in [0.1, 0.15) is 18.3 Å². The van der Waals surface area contributed by atoms with E-state index in [-0.39, 0.29) is 23.4 Å². The lowest BCUT2D eigenvalue weighted by atomic mass is 10.1. The van der Waals surface area contributed by atoms with E-state index in [1.54, 1.807) is 67.6 Å². The van der Waals surface area contributed by atoms with Gasteiger partial charge in [0.2, 0.25) is 11.8 Å². The predicted octanol–water partition coefficient (Wildman–Crippen LogP) is 5.67. The Morgan fingerprint density at radius 2 is 1.63 bits per heavy atom. The van der Waals surface area contributed by atoms with Crippen LogP contribution >= 0.6 is 23.2 Å². The second-order valence-corrected chi connectivity index (χ2v) is 12.6. The molecule has 0 spiro atoms. The number of nitrogens with zero attached hydrogens (tertiary/aromatic N) is 2. The van der Waals surface area contributed by atoms with Crippen LogP contribution in [0.5, 0.6) is 5.75 Å². The highest BCUT2D eigenvalue weighted by molar-refractivity contribution is 7.92. The van der Waals surface area contributed by atoms with Crippen molar-refractivity contribution in [2.75, 3.05) is 18.0 Å². The summed E-state index contributed by atoms with van der Waals surface area (Å²) < 4.78 is 34.0. The molecule has 41 heavy (non-hydrogen) atoms. The summed E-state index contributed by atoms with van der Waals surface area (Å²) >= 11 is 12.3. The van der Waals surface area contributed by atoms with E-state index in [0.29, 0.717) is 27.0 Å². The molecule has 3 aromatic carbocycles. The third kappa shape index (κ3) is 7.52. The maximum atomic E-state index is 14.0. The van der Waals surface area contributed by atoms with Crippen LogP contribution in [0.15, 0.2) is 77.7 Å². The minimum absolute atomic E-state index is 0.00184. The van der Waals surface area contributed by atoms with Crippen molar-refractivity contribution in [2.45, 2.75) is 56.1 Å². The van der Waals surface area contributed by atoms with E-state index < -0.39 is 28.5 Å². The van der Waals surface area contributed by atoms with Crippen LogP contribution in [-0.2, 0) is 26.2 Å². The lowest BCUT2D eigenvalue weighted by molar-refractivity contribution is -0.139. The Balaban J connectivity index is 1.67. The number of ether oxygens (including phenoxy) is 1. The average Bonchev–Trinajstić information content (AvgIpc) is 3.49. The summed E-state index contributed by atoms with van der Waals surface area (Å²) in [6, 6.07) is 18.5. The molecule has 0 radical (unpaired) electrons. The van der Waals surface area contributed by atoms with Gasteiger partial charge in [0.05, 0.1) is 27.7 Å². The Labute approximate surface area is 251 Å². The van der Waals surface area contributed by atoms with Crippen molar-refractivity contribution in [3.63, 3.8) is 0 Å². The molecule has 1 aliphatic rings. The highest BCUT2D eigenvalue weighted by Crippen LogP contribution is 2.27. The molecule has 11 heteroatoms. The molecule has 3 aromatic rings. The molecule has 0 bridgehead atoms. The molecule has 8 nitrogen and oxygen atoms in total. The number of para-hydroxylation sites is 1. The lowest BCUT2D eigenvalue weighted by Gasteiger charge is -2.32. The monoisotopic (exact) mass is 617 g/mol. The molecule has 0 aromatic heterocycles. The van der Waals surface area contributed by atoms with Crippen LogP contribution in [-0.4, -0.2) is 50.9 Å². The molecule has 1 aliphatic carbocycles. The molecule has 4 rings (SSSR count). The van der Waals surface area contributed by atoms with Crippen molar-refractivity contribution >= 4 is 50.7 Å². The number of methoxy groups -OCH3 is 1. The molecular formula is C30H33Cl2N3O5S. The van der Waals surface area contributed by atoms with Gasteiger partial charge in [-0.05, 0) is 73.9 Å². The maximum Gasteiger partial charge on any atom is 0.264 e. The summed E-state index contributed by atoms with van der Waals surface area (Å²) in [4.78, 5) is 28.7. The summed E-state index contributed by atoms with van der Waals surface area (Å²) in [7, 11) is -2.68. The fourth-order valence-electron chi connectivity index (χ4n) is 4.81. The topological polar surface area (TPSA) is 96.0 Å². The Morgan fingerprint density at radius 3 is 2.24 bits per heavy atom. The molecule has 1 saturated carbocycles. The number of carbonyl (C=O) groups is 2. The van der Waals surface area contributed by atoms with Gasteiger partial charge in [-0.1, -0.05) is 60.3 Å². The van der Waals surface area contributed by atoms with Crippen LogP contribution in [0.1, 0.15) is 38.2 Å². The van der Waals surface area contributed by atoms with Crippen LogP contribution in [0.25, 0.3) is 0 Å².